The van der Waals surface area contributed by atoms with Crippen LogP contribution in [0.4, 0.5) is 0 Å². The third-order valence-electron chi connectivity index (χ3n) is 4.89. The maximum atomic E-state index is 12.7. The van der Waals surface area contributed by atoms with E-state index in [0.717, 1.165) is 5.39 Å². The number of nitrogens with one attached hydrogen (secondary N) is 1. The molecule has 0 unspecified atom stereocenters. The quantitative estimate of drug-likeness (QED) is 0.359. The Kier molecular flexibility index (Phi) is 5.67. The molecule has 0 saturated carbocycles. The van der Waals surface area contributed by atoms with Crippen molar-refractivity contribution in [3.05, 3.63) is 63.3 Å². The van der Waals surface area contributed by atoms with Gasteiger partial charge in [-0.1, -0.05) is 11.6 Å². The number of pyridine rings is 1. The molecular formula is C23H17ClN4O4. The smallest absolute Gasteiger partial charge is 0.259 e. The van der Waals surface area contributed by atoms with Gasteiger partial charge in [-0.3, -0.25) is 4.79 Å². The minimum atomic E-state index is -0.417. The Morgan fingerprint density at radius 3 is 2.47 bits per heavy atom. The van der Waals surface area contributed by atoms with Gasteiger partial charge in [-0.2, -0.15) is 5.26 Å². The molecule has 0 bridgehead atoms. The fourth-order valence-corrected chi connectivity index (χ4v) is 3.48. The van der Waals surface area contributed by atoms with Crippen LogP contribution in [-0.2, 0) is 0 Å². The van der Waals surface area contributed by atoms with Crippen molar-refractivity contribution >= 4 is 45.1 Å². The second-order valence-electron chi connectivity index (χ2n) is 6.74. The van der Waals surface area contributed by atoms with Crippen LogP contribution in [0.25, 0.3) is 33.5 Å². The fourth-order valence-electron chi connectivity index (χ4n) is 3.28. The number of H-pyrrole nitrogens is 1. The molecule has 1 N–H and O–H groups in total. The van der Waals surface area contributed by atoms with Crippen molar-refractivity contribution in [2.45, 2.75) is 0 Å². The summed E-state index contributed by atoms with van der Waals surface area (Å²) in [6, 6.07) is 12.4. The molecular weight excluding hydrogens is 432 g/mol. The Morgan fingerprint density at radius 2 is 1.78 bits per heavy atom. The van der Waals surface area contributed by atoms with Crippen LogP contribution in [0.3, 0.4) is 0 Å². The minimum Gasteiger partial charge on any atom is -0.497 e. The van der Waals surface area contributed by atoms with Gasteiger partial charge in [0, 0.05) is 17.0 Å². The number of hydrogen-bond donors (Lipinski definition) is 1. The number of fused-ring (bicyclic) bond motifs is 2. The molecule has 2 aromatic heterocycles. The predicted octanol–water partition coefficient (Wildman–Crippen LogP) is 4.21. The first kappa shape index (κ1) is 21.2. The van der Waals surface area contributed by atoms with E-state index < -0.39 is 5.56 Å². The second-order valence-corrected chi connectivity index (χ2v) is 7.09. The van der Waals surface area contributed by atoms with Crippen LogP contribution < -0.4 is 19.8 Å². The molecule has 0 amide bonds. The third kappa shape index (κ3) is 3.82. The van der Waals surface area contributed by atoms with Crippen LogP contribution in [0.1, 0.15) is 11.4 Å². The van der Waals surface area contributed by atoms with Gasteiger partial charge in [0.2, 0.25) is 0 Å². The molecule has 2 aromatic carbocycles. The summed E-state index contributed by atoms with van der Waals surface area (Å²) in [5.41, 5.74) is 1.24. The molecule has 2 heterocycles. The highest BCUT2D eigenvalue weighted by Gasteiger charge is 2.14. The van der Waals surface area contributed by atoms with Crippen LogP contribution in [0.2, 0.25) is 5.15 Å². The number of halogens is 1. The van der Waals surface area contributed by atoms with Gasteiger partial charge in [-0.25, -0.2) is 9.97 Å². The summed E-state index contributed by atoms with van der Waals surface area (Å²) in [6.07, 6.45) is 1.53. The molecule has 32 heavy (non-hydrogen) atoms. The topological polar surface area (TPSA) is 110 Å². The lowest BCUT2D eigenvalue weighted by atomic mass is 10.1. The number of hydrogen-bond acceptors (Lipinski definition) is 7. The molecule has 0 radical (unpaired) electrons. The van der Waals surface area contributed by atoms with Crippen molar-refractivity contribution in [2.75, 3.05) is 21.3 Å². The summed E-state index contributed by atoms with van der Waals surface area (Å²) in [5, 5.41) is 11.1. The van der Waals surface area contributed by atoms with Crippen molar-refractivity contribution in [1.29, 1.82) is 5.26 Å². The summed E-state index contributed by atoms with van der Waals surface area (Å²) < 4.78 is 15.8. The summed E-state index contributed by atoms with van der Waals surface area (Å²) in [6.45, 7) is 0. The highest BCUT2D eigenvalue weighted by atomic mass is 35.5. The lowest BCUT2D eigenvalue weighted by Gasteiger charge is -2.09. The Balaban J connectivity index is 1.87. The van der Waals surface area contributed by atoms with Gasteiger partial charge in [0.1, 0.15) is 17.0 Å². The molecule has 9 heteroatoms. The van der Waals surface area contributed by atoms with Crippen molar-refractivity contribution < 1.29 is 14.2 Å². The molecule has 0 aliphatic carbocycles. The van der Waals surface area contributed by atoms with Crippen LogP contribution in [0.15, 0.2) is 41.2 Å². The molecule has 160 valence electrons. The first-order chi connectivity index (χ1) is 15.5. The maximum Gasteiger partial charge on any atom is 0.259 e. The molecule has 4 rings (SSSR count). The van der Waals surface area contributed by atoms with Gasteiger partial charge in [0.25, 0.3) is 5.56 Å². The van der Waals surface area contributed by atoms with E-state index in [1.165, 1.54) is 26.4 Å². The van der Waals surface area contributed by atoms with Crippen LogP contribution in [0.5, 0.6) is 17.2 Å². The van der Waals surface area contributed by atoms with Crippen molar-refractivity contribution in [2.24, 2.45) is 0 Å². The van der Waals surface area contributed by atoms with Crippen molar-refractivity contribution in [1.82, 2.24) is 15.0 Å². The lowest BCUT2D eigenvalue weighted by Crippen LogP contribution is -2.11. The first-order valence-electron chi connectivity index (χ1n) is 9.40. The number of rotatable bonds is 5. The van der Waals surface area contributed by atoms with E-state index in [0.29, 0.717) is 39.2 Å². The monoisotopic (exact) mass is 448 g/mol. The van der Waals surface area contributed by atoms with Crippen molar-refractivity contribution in [3.8, 4) is 23.3 Å². The average Bonchev–Trinajstić information content (AvgIpc) is 2.81. The van der Waals surface area contributed by atoms with Crippen LogP contribution in [0, 0.1) is 11.3 Å². The number of nitriles is 1. The van der Waals surface area contributed by atoms with E-state index in [-0.39, 0.29) is 16.6 Å². The van der Waals surface area contributed by atoms with E-state index >= 15 is 0 Å². The van der Waals surface area contributed by atoms with E-state index in [2.05, 4.69) is 21.0 Å². The number of aromatic amines is 1. The summed E-state index contributed by atoms with van der Waals surface area (Å²) in [5.74, 6) is 1.59. The van der Waals surface area contributed by atoms with E-state index in [1.54, 1.807) is 31.4 Å². The van der Waals surface area contributed by atoms with Crippen molar-refractivity contribution in [3.63, 3.8) is 0 Å². The molecule has 0 atom stereocenters. The number of methoxy groups -OCH3 is 3. The van der Waals surface area contributed by atoms with Gasteiger partial charge < -0.3 is 19.2 Å². The first-order valence-corrected chi connectivity index (χ1v) is 9.77. The summed E-state index contributed by atoms with van der Waals surface area (Å²) >= 11 is 6.35. The molecule has 0 aliphatic rings. The molecule has 4 aromatic rings. The number of ether oxygens (including phenoxy) is 3. The standard InChI is InChI=1S/C23H17ClN4O4/c1-30-15-4-5-17-12(8-15)6-13(21(24)26-17)7-14(11-25)22-27-18-10-20(32-3)19(31-2)9-16(18)23(29)28-22/h4-10H,1-3H3,(H,27,28,29)/b14-7+. The van der Waals surface area contributed by atoms with Gasteiger partial charge in [0.05, 0.1) is 43.3 Å². The minimum absolute atomic E-state index is 0.0963. The zero-order chi connectivity index (χ0) is 22.8. The summed E-state index contributed by atoms with van der Waals surface area (Å²) in [7, 11) is 4.54. The molecule has 8 nitrogen and oxygen atoms in total. The molecule has 0 spiro atoms. The van der Waals surface area contributed by atoms with Gasteiger partial charge in [-0.05, 0) is 36.4 Å². The van der Waals surface area contributed by atoms with Crippen LogP contribution in [-0.4, -0.2) is 36.3 Å². The normalized spacial score (nSPS) is 11.4. The SMILES string of the molecule is COc1ccc2nc(Cl)c(/C=C(\C#N)c3nc4cc(OC)c(OC)cc4c(=O)[nH]3)cc2c1. The average molecular weight is 449 g/mol. The number of benzene rings is 2. The van der Waals surface area contributed by atoms with E-state index in [1.807, 2.05) is 6.07 Å². The molecule has 0 aliphatic heterocycles. The predicted molar refractivity (Wildman–Crippen MR) is 122 cm³/mol. The van der Waals surface area contributed by atoms with Gasteiger partial charge in [0.15, 0.2) is 17.3 Å². The maximum absolute atomic E-state index is 12.7. The Bertz CT molecular complexity index is 1490. The Hall–Kier alpha value is -4.09. The zero-order valence-corrected chi connectivity index (χ0v) is 18.1. The number of nitrogens with zero attached hydrogens (tertiary/aromatic N) is 3. The number of aromatic nitrogens is 3. The van der Waals surface area contributed by atoms with E-state index in [4.69, 9.17) is 25.8 Å². The zero-order valence-electron chi connectivity index (χ0n) is 17.4. The van der Waals surface area contributed by atoms with E-state index in [9.17, 15) is 10.1 Å². The third-order valence-corrected chi connectivity index (χ3v) is 5.19. The summed E-state index contributed by atoms with van der Waals surface area (Å²) in [4.78, 5) is 24.1. The van der Waals surface area contributed by atoms with Gasteiger partial charge in [-0.15, -0.1) is 0 Å². The lowest BCUT2D eigenvalue weighted by molar-refractivity contribution is 0.355. The largest absolute Gasteiger partial charge is 0.497 e. The Labute approximate surface area is 187 Å². The van der Waals surface area contributed by atoms with Crippen LogP contribution >= 0.6 is 11.6 Å². The highest BCUT2D eigenvalue weighted by molar-refractivity contribution is 6.31. The molecule has 0 fully saturated rings. The van der Waals surface area contributed by atoms with Gasteiger partial charge >= 0.3 is 0 Å². The number of allylic oxidation sites excluding steroid dienone is 1. The second kappa shape index (κ2) is 8.57. The Morgan fingerprint density at radius 1 is 1.03 bits per heavy atom. The fraction of sp³-hybridized carbons (Fsp3) is 0.130. The highest BCUT2D eigenvalue weighted by Crippen LogP contribution is 2.31. The molecule has 0 saturated heterocycles.